The Labute approximate surface area is 320 Å². The van der Waals surface area contributed by atoms with E-state index < -0.39 is 0 Å². The number of ether oxygens (including phenoxy) is 2. The molecule has 2 fully saturated rings. The molecular weight excluding hydrogens is 709 g/mol. The number of pyridine rings is 2. The predicted octanol–water partition coefficient (Wildman–Crippen LogP) is 6.45. The van der Waals surface area contributed by atoms with Crippen molar-refractivity contribution in [3.05, 3.63) is 96.4 Å². The molecule has 0 radical (unpaired) electrons. The Morgan fingerprint density at radius 3 is 1.46 bits per heavy atom. The Morgan fingerprint density at radius 1 is 0.607 bits per heavy atom. The minimum atomic E-state index is 0.0614. The second-order valence-corrected chi connectivity index (χ2v) is 14.4. The van der Waals surface area contributed by atoms with E-state index >= 15 is 0 Å². The Hall–Kier alpha value is -6.94. The van der Waals surface area contributed by atoms with Gasteiger partial charge in [0.2, 0.25) is 11.8 Å². The molecule has 0 amide bonds. The lowest BCUT2D eigenvalue weighted by Crippen LogP contribution is -2.13. The lowest BCUT2D eigenvalue weighted by Gasteiger charge is -2.15. The number of aromatic amines is 2. The van der Waals surface area contributed by atoms with Gasteiger partial charge in [0.15, 0.2) is 22.6 Å². The quantitative estimate of drug-likeness (QED) is 0.172. The lowest BCUT2D eigenvalue weighted by atomic mass is 9.93. The van der Waals surface area contributed by atoms with Crippen LogP contribution in [0.5, 0.6) is 11.8 Å². The summed E-state index contributed by atoms with van der Waals surface area (Å²) in [5.41, 5.74) is 6.22. The zero-order valence-corrected chi connectivity index (χ0v) is 30.8. The summed E-state index contributed by atoms with van der Waals surface area (Å²) >= 11 is 0. The summed E-state index contributed by atoms with van der Waals surface area (Å²) in [6.07, 6.45) is 16.2. The van der Waals surface area contributed by atoms with Gasteiger partial charge >= 0.3 is 0 Å². The number of fused-ring (bicyclic) bond motifs is 6. The molecule has 0 bridgehead atoms. The molecule has 16 heteroatoms. The summed E-state index contributed by atoms with van der Waals surface area (Å²) in [6, 6.07) is 15.1. The number of aromatic nitrogens is 12. The maximum absolute atomic E-state index is 8.91. The van der Waals surface area contributed by atoms with Crippen molar-refractivity contribution in [3.63, 3.8) is 0 Å². The number of rotatable bonds is 8. The van der Waals surface area contributed by atoms with Crippen molar-refractivity contribution < 1.29 is 9.47 Å². The molecule has 0 spiro atoms. The SMILES string of the molecule is CC[C@@H]1C[C@@H](Oc2ccc(C#N)cn2)C[C@@H]1c1nnc2cnc3[nH]ccc3n12.CC[C@H]1C[C@H](Oc2ccc(C#N)cn2)C[C@H]1c1nnc2cnc3[nH]ccc3n12. The normalized spacial score (nSPS) is 21.9. The van der Waals surface area contributed by atoms with E-state index in [1.165, 1.54) is 0 Å². The number of nitrogens with one attached hydrogen (secondary N) is 2. The van der Waals surface area contributed by atoms with Gasteiger partial charge in [-0.2, -0.15) is 10.5 Å². The third kappa shape index (κ3) is 6.38. The summed E-state index contributed by atoms with van der Waals surface area (Å²) in [5.74, 6) is 4.47. The van der Waals surface area contributed by atoms with Crippen LogP contribution in [-0.4, -0.2) is 71.3 Å². The maximum Gasteiger partial charge on any atom is 0.213 e. The van der Waals surface area contributed by atoms with Crippen molar-refractivity contribution in [2.75, 3.05) is 0 Å². The van der Waals surface area contributed by atoms with Crippen molar-refractivity contribution in [1.82, 2.24) is 59.1 Å². The summed E-state index contributed by atoms with van der Waals surface area (Å²) in [7, 11) is 0. The predicted molar refractivity (Wildman–Crippen MR) is 204 cm³/mol. The van der Waals surface area contributed by atoms with Crippen LogP contribution in [0.2, 0.25) is 0 Å². The van der Waals surface area contributed by atoms with Gasteiger partial charge in [-0.3, -0.25) is 8.80 Å². The average Bonchev–Trinajstić information content (AvgIpc) is 4.09. The molecule has 2 saturated carbocycles. The van der Waals surface area contributed by atoms with E-state index in [4.69, 9.17) is 20.0 Å². The number of nitriles is 2. The highest BCUT2D eigenvalue weighted by molar-refractivity contribution is 5.75. The summed E-state index contributed by atoms with van der Waals surface area (Å²) < 4.78 is 16.5. The van der Waals surface area contributed by atoms with Gasteiger partial charge in [-0.25, -0.2) is 19.9 Å². The minimum Gasteiger partial charge on any atom is -0.474 e. The van der Waals surface area contributed by atoms with Crippen LogP contribution >= 0.6 is 0 Å². The smallest absolute Gasteiger partial charge is 0.213 e. The molecular formula is C40H38N14O2. The first-order valence-corrected chi connectivity index (χ1v) is 18.9. The first kappa shape index (κ1) is 34.8. The van der Waals surface area contributed by atoms with E-state index in [0.29, 0.717) is 34.7 Å². The Bertz CT molecular complexity index is 2530. The molecule has 0 aromatic carbocycles. The van der Waals surface area contributed by atoms with Gasteiger partial charge in [0.25, 0.3) is 0 Å². The molecule has 56 heavy (non-hydrogen) atoms. The molecule has 0 saturated heterocycles. The fourth-order valence-electron chi connectivity index (χ4n) is 8.53. The first-order chi connectivity index (χ1) is 27.5. The largest absolute Gasteiger partial charge is 0.474 e. The summed E-state index contributed by atoms with van der Waals surface area (Å²) in [4.78, 5) is 23.6. The van der Waals surface area contributed by atoms with Crippen LogP contribution in [0.15, 0.2) is 73.6 Å². The van der Waals surface area contributed by atoms with Crippen LogP contribution in [0.4, 0.5) is 0 Å². The third-order valence-corrected chi connectivity index (χ3v) is 11.3. The van der Waals surface area contributed by atoms with Crippen molar-refractivity contribution in [2.45, 2.75) is 76.4 Å². The average molecular weight is 747 g/mol. The zero-order valence-electron chi connectivity index (χ0n) is 30.8. The highest BCUT2D eigenvalue weighted by Crippen LogP contribution is 2.44. The molecule has 10 rings (SSSR count). The fraction of sp³-hybridized carbons (Fsp3) is 0.350. The topological polar surface area (TPSA) is 210 Å². The van der Waals surface area contributed by atoms with Crippen molar-refractivity contribution >= 4 is 33.6 Å². The Kier molecular flexibility index (Phi) is 9.14. The van der Waals surface area contributed by atoms with Crippen LogP contribution in [0.25, 0.3) is 33.6 Å². The second-order valence-electron chi connectivity index (χ2n) is 14.4. The second kappa shape index (κ2) is 14.7. The van der Waals surface area contributed by atoms with E-state index in [9.17, 15) is 0 Å². The molecule has 0 unspecified atom stereocenters. The molecule has 280 valence electrons. The van der Waals surface area contributed by atoms with Gasteiger partial charge in [-0.1, -0.05) is 26.7 Å². The molecule has 8 aromatic heterocycles. The van der Waals surface area contributed by atoms with Gasteiger partial charge in [0.05, 0.1) is 34.6 Å². The number of nitrogens with zero attached hydrogens (tertiary/aromatic N) is 12. The monoisotopic (exact) mass is 746 g/mol. The van der Waals surface area contributed by atoms with Gasteiger partial charge < -0.3 is 19.4 Å². The van der Waals surface area contributed by atoms with E-state index in [0.717, 1.165) is 83.8 Å². The molecule has 2 aliphatic rings. The van der Waals surface area contributed by atoms with E-state index in [-0.39, 0.29) is 24.0 Å². The van der Waals surface area contributed by atoms with Crippen molar-refractivity contribution in [3.8, 4) is 23.9 Å². The van der Waals surface area contributed by atoms with Gasteiger partial charge in [-0.05, 0) is 61.8 Å². The number of hydrogen-bond acceptors (Lipinski definition) is 12. The van der Waals surface area contributed by atoms with Crippen molar-refractivity contribution in [1.29, 1.82) is 10.5 Å². The molecule has 6 atom stereocenters. The van der Waals surface area contributed by atoms with Crippen LogP contribution in [0, 0.1) is 34.5 Å². The fourth-order valence-corrected chi connectivity index (χ4v) is 8.53. The zero-order chi connectivity index (χ0) is 38.2. The van der Waals surface area contributed by atoms with Crippen molar-refractivity contribution in [2.24, 2.45) is 11.8 Å². The molecule has 0 aliphatic heterocycles. The van der Waals surface area contributed by atoms with E-state index in [1.54, 1.807) is 49.1 Å². The molecule has 2 aliphatic carbocycles. The van der Waals surface area contributed by atoms with Crippen LogP contribution < -0.4 is 9.47 Å². The van der Waals surface area contributed by atoms with E-state index in [2.05, 4.69) is 85.1 Å². The maximum atomic E-state index is 8.91. The Morgan fingerprint density at radius 2 is 1.07 bits per heavy atom. The number of hydrogen-bond donors (Lipinski definition) is 2. The highest BCUT2D eigenvalue weighted by atomic mass is 16.5. The highest BCUT2D eigenvalue weighted by Gasteiger charge is 2.40. The molecule has 16 nitrogen and oxygen atoms in total. The molecule has 8 aromatic rings. The standard InChI is InChI=1S/2C20H19N7O/c2*1-2-13-7-14(28-18-4-3-12(9-21)10-23-18)8-15(13)20-26-25-17-11-24-19-16(27(17)20)5-6-22-19/h2*3-6,10-11,13-15,22H,2,7-8H2,1H3/t2*13-,14-,15+/m10/s1. The summed E-state index contributed by atoms with van der Waals surface area (Å²) in [6.45, 7) is 4.41. The minimum absolute atomic E-state index is 0.0614. The van der Waals surface area contributed by atoms with Gasteiger partial charge in [0.1, 0.15) is 36.0 Å². The van der Waals surface area contributed by atoms with Gasteiger partial charge in [0, 0.05) is 48.8 Å². The van der Waals surface area contributed by atoms with Crippen LogP contribution in [0.1, 0.15) is 87.0 Å². The van der Waals surface area contributed by atoms with Crippen LogP contribution in [-0.2, 0) is 0 Å². The third-order valence-electron chi connectivity index (χ3n) is 11.3. The first-order valence-electron chi connectivity index (χ1n) is 18.9. The molecule has 8 heterocycles. The molecule has 2 N–H and O–H groups in total. The van der Waals surface area contributed by atoms with Crippen LogP contribution in [0.3, 0.4) is 0 Å². The Balaban J connectivity index is 0.000000146. The lowest BCUT2D eigenvalue weighted by molar-refractivity contribution is 0.194. The summed E-state index contributed by atoms with van der Waals surface area (Å²) in [5, 5.41) is 35.6. The van der Waals surface area contributed by atoms with Gasteiger partial charge in [-0.15, -0.1) is 20.4 Å². The number of H-pyrrole nitrogens is 2. The van der Waals surface area contributed by atoms with E-state index in [1.807, 2.05) is 24.5 Å².